The van der Waals surface area contributed by atoms with Crippen molar-refractivity contribution < 1.29 is 0 Å². The molecule has 1 saturated heterocycles. The second kappa shape index (κ2) is 3.90. The van der Waals surface area contributed by atoms with Gasteiger partial charge in [-0.2, -0.15) is 0 Å². The van der Waals surface area contributed by atoms with Crippen LogP contribution in [0.2, 0.25) is 0 Å². The van der Waals surface area contributed by atoms with Crippen LogP contribution in [0.3, 0.4) is 0 Å². The fourth-order valence-corrected chi connectivity index (χ4v) is 1.89. The van der Waals surface area contributed by atoms with Crippen molar-refractivity contribution in [2.75, 3.05) is 6.54 Å². The Labute approximate surface area is 79.1 Å². The summed E-state index contributed by atoms with van der Waals surface area (Å²) in [6.45, 7) is 1.04. The van der Waals surface area contributed by atoms with Gasteiger partial charge in [0.1, 0.15) is 0 Å². The largest absolute Gasteiger partial charge is 0.328 e. The first kappa shape index (κ1) is 8.73. The standard InChI is InChI=1S/C11H16N2/c12-10-6-7-13-11(8-10)9-4-2-1-3-5-9/h1-5,10-11,13H,6-8,12H2/t10-,11+/m1/s1. The minimum absolute atomic E-state index is 0.367. The highest BCUT2D eigenvalue weighted by Crippen LogP contribution is 2.21. The van der Waals surface area contributed by atoms with Crippen LogP contribution in [-0.2, 0) is 0 Å². The van der Waals surface area contributed by atoms with Crippen LogP contribution in [0, 0.1) is 0 Å². The molecule has 2 nitrogen and oxygen atoms in total. The van der Waals surface area contributed by atoms with Gasteiger partial charge in [-0.1, -0.05) is 30.3 Å². The predicted molar refractivity (Wildman–Crippen MR) is 54.4 cm³/mol. The summed E-state index contributed by atoms with van der Waals surface area (Å²) in [5.74, 6) is 0. The average Bonchev–Trinajstić information content (AvgIpc) is 2.19. The Kier molecular flexibility index (Phi) is 2.62. The van der Waals surface area contributed by atoms with E-state index < -0.39 is 0 Å². The van der Waals surface area contributed by atoms with Crippen LogP contribution >= 0.6 is 0 Å². The average molecular weight is 176 g/mol. The monoisotopic (exact) mass is 176 g/mol. The van der Waals surface area contributed by atoms with Crippen LogP contribution < -0.4 is 11.1 Å². The molecule has 13 heavy (non-hydrogen) atoms. The highest BCUT2D eigenvalue weighted by molar-refractivity contribution is 5.19. The Balaban J connectivity index is 2.08. The first-order valence-corrected chi connectivity index (χ1v) is 4.90. The molecule has 0 radical (unpaired) electrons. The Morgan fingerprint density at radius 2 is 2.00 bits per heavy atom. The summed E-state index contributed by atoms with van der Waals surface area (Å²) >= 11 is 0. The third kappa shape index (κ3) is 2.08. The first-order chi connectivity index (χ1) is 6.36. The maximum absolute atomic E-state index is 5.92. The molecule has 70 valence electrons. The number of nitrogens with one attached hydrogen (secondary N) is 1. The molecule has 1 aromatic rings. The van der Waals surface area contributed by atoms with E-state index in [1.54, 1.807) is 0 Å². The van der Waals surface area contributed by atoms with Crippen molar-refractivity contribution in [1.82, 2.24) is 5.32 Å². The van der Waals surface area contributed by atoms with Crippen LogP contribution in [0.5, 0.6) is 0 Å². The van der Waals surface area contributed by atoms with Crippen LogP contribution in [-0.4, -0.2) is 12.6 Å². The van der Waals surface area contributed by atoms with Crippen LogP contribution in [0.1, 0.15) is 24.4 Å². The predicted octanol–water partition coefficient (Wildman–Crippen LogP) is 1.44. The zero-order valence-corrected chi connectivity index (χ0v) is 7.74. The number of rotatable bonds is 1. The highest BCUT2D eigenvalue weighted by Gasteiger charge is 2.19. The molecule has 0 aliphatic carbocycles. The molecule has 0 spiro atoms. The summed E-state index contributed by atoms with van der Waals surface area (Å²) in [7, 11) is 0. The molecular weight excluding hydrogens is 160 g/mol. The van der Waals surface area contributed by atoms with Gasteiger partial charge < -0.3 is 11.1 Å². The number of hydrogen-bond acceptors (Lipinski definition) is 2. The van der Waals surface area contributed by atoms with Gasteiger partial charge in [0.15, 0.2) is 0 Å². The minimum Gasteiger partial charge on any atom is -0.328 e. The molecule has 2 rings (SSSR count). The number of piperidine rings is 1. The second-order valence-electron chi connectivity index (χ2n) is 3.70. The molecule has 1 heterocycles. The zero-order chi connectivity index (χ0) is 9.10. The Hall–Kier alpha value is -0.860. The second-order valence-corrected chi connectivity index (χ2v) is 3.70. The van der Waals surface area contributed by atoms with Gasteiger partial charge in [-0.05, 0) is 24.9 Å². The molecule has 3 N–H and O–H groups in total. The van der Waals surface area contributed by atoms with Crippen molar-refractivity contribution in [2.24, 2.45) is 5.73 Å². The van der Waals surface area contributed by atoms with Gasteiger partial charge in [0.2, 0.25) is 0 Å². The molecule has 2 atom stereocenters. The number of nitrogens with two attached hydrogens (primary N) is 1. The van der Waals surface area contributed by atoms with Crippen molar-refractivity contribution in [2.45, 2.75) is 24.9 Å². The van der Waals surface area contributed by atoms with E-state index in [9.17, 15) is 0 Å². The van der Waals surface area contributed by atoms with Crippen LogP contribution in [0.4, 0.5) is 0 Å². The van der Waals surface area contributed by atoms with Crippen molar-refractivity contribution in [3.05, 3.63) is 35.9 Å². The van der Waals surface area contributed by atoms with Crippen LogP contribution in [0.15, 0.2) is 30.3 Å². The summed E-state index contributed by atoms with van der Waals surface area (Å²) in [6.07, 6.45) is 2.16. The van der Waals surface area contributed by atoms with Gasteiger partial charge in [-0.15, -0.1) is 0 Å². The Bertz CT molecular complexity index is 258. The van der Waals surface area contributed by atoms with Gasteiger partial charge in [-0.3, -0.25) is 0 Å². The molecule has 1 aromatic carbocycles. The van der Waals surface area contributed by atoms with Crippen molar-refractivity contribution in [3.8, 4) is 0 Å². The van der Waals surface area contributed by atoms with Gasteiger partial charge in [0, 0.05) is 12.1 Å². The normalized spacial score (nSPS) is 28.7. The Morgan fingerprint density at radius 3 is 2.69 bits per heavy atom. The fourth-order valence-electron chi connectivity index (χ4n) is 1.89. The lowest BCUT2D eigenvalue weighted by Crippen LogP contribution is -2.38. The summed E-state index contributed by atoms with van der Waals surface area (Å²) in [4.78, 5) is 0. The van der Waals surface area contributed by atoms with Crippen molar-refractivity contribution >= 4 is 0 Å². The molecular formula is C11H16N2. The third-order valence-electron chi connectivity index (χ3n) is 2.65. The van der Waals surface area contributed by atoms with Gasteiger partial charge in [0.05, 0.1) is 0 Å². The maximum Gasteiger partial charge on any atom is 0.0334 e. The maximum atomic E-state index is 5.92. The van der Waals surface area contributed by atoms with E-state index in [1.807, 2.05) is 6.07 Å². The molecule has 1 aliphatic heterocycles. The third-order valence-corrected chi connectivity index (χ3v) is 2.65. The molecule has 0 amide bonds. The first-order valence-electron chi connectivity index (χ1n) is 4.90. The van der Waals surface area contributed by atoms with Gasteiger partial charge in [-0.25, -0.2) is 0 Å². The summed E-state index contributed by atoms with van der Waals surface area (Å²) in [5.41, 5.74) is 7.28. The molecule has 0 aromatic heterocycles. The van der Waals surface area contributed by atoms with E-state index in [4.69, 9.17) is 5.73 Å². The molecule has 0 saturated carbocycles. The molecule has 1 fully saturated rings. The lowest BCUT2D eigenvalue weighted by Gasteiger charge is -2.28. The fraction of sp³-hybridized carbons (Fsp3) is 0.455. The number of hydrogen-bond donors (Lipinski definition) is 2. The minimum atomic E-state index is 0.367. The van der Waals surface area contributed by atoms with Crippen molar-refractivity contribution in [1.29, 1.82) is 0 Å². The van der Waals surface area contributed by atoms with Gasteiger partial charge >= 0.3 is 0 Å². The van der Waals surface area contributed by atoms with E-state index in [2.05, 4.69) is 29.6 Å². The van der Waals surface area contributed by atoms with E-state index in [-0.39, 0.29) is 0 Å². The number of benzene rings is 1. The SMILES string of the molecule is N[C@@H]1CCN[C@H](c2ccccc2)C1. The smallest absolute Gasteiger partial charge is 0.0334 e. The summed E-state index contributed by atoms with van der Waals surface area (Å²) in [5, 5.41) is 3.49. The molecule has 0 unspecified atom stereocenters. The highest BCUT2D eigenvalue weighted by atomic mass is 14.9. The van der Waals surface area contributed by atoms with E-state index in [0.29, 0.717) is 12.1 Å². The molecule has 0 bridgehead atoms. The molecule has 1 aliphatic rings. The Morgan fingerprint density at radius 1 is 1.23 bits per heavy atom. The van der Waals surface area contributed by atoms with Gasteiger partial charge in [0.25, 0.3) is 0 Å². The zero-order valence-electron chi connectivity index (χ0n) is 7.74. The lowest BCUT2D eigenvalue weighted by molar-refractivity contribution is 0.369. The van der Waals surface area contributed by atoms with E-state index >= 15 is 0 Å². The van der Waals surface area contributed by atoms with E-state index in [0.717, 1.165) is 19.4 Å². The van der Waals surface area contributed by atoms with E-state index in [1.165, 1.54) is 5.56 Å². The topological polar surface area (TPSA) is 38.0 Å². The molecule has 2 heteroatoms. The summed E-state index contributed by atoms with van der Waals surface area (Å²) < 4.78 is 0. The van der Waals surface area contributed by atoms with Crippen molar-refractivity contribution in [3.63, 3.8) is 0 Å². The van der Waals surface area contributed by atoms with Crippen LogP contribution in [0.25, 0.3) is 0 Å². The quantitative estimate of drug-likeness (QED) is 0.679. The lowest BCUT2D eigenvalue weighted by atomic mass is 9.94. The summed E-state index contributed by atoms with van der Waals surface area (Å²) in [6, 6.07) is 11.4.